The Balaban J connectivity index is 1.38. The van der Waals surface area contributed by atoms with Crippen LogP contribution in [0.3, 0.4) is 0 Å². The number of hydrogen-bond acceptors (Lipinski definition) is 5. The lowest BCUT2D eigenvalue weighted by Crippen LogP contribution is -2.27. The Labute approximate surface area is 189 Å². The van der Waals surface area contributed by atoms with Gasteiger partial charge in [0, 0.05) is 11.6 Å². The second-order valence-electron chi connectivity index (χ2n) is 6.87. The number of benzene rings is 2. The fourth-order valence-electron chi connectivity index (χ4n) is 3.07. The summed E-state index contributed by atoms with van der Waals surface area (Å²) in [4.78, 5) is 12.3. The summed E-state index contributed by atoms with van der Waals surface area (Å²) < 4.78 is 7.49. The van der Waals surface area contributed by atoms with E-state index in [1.165, 1.54) is 11.8 Å². The fourth-order valence-corrected chi connectivity index (χ4v) is 3.96. The Hall–Kier alpha value is -3.03. The van der Waals surface area contributed by atoms with Gasteiger partial charge in [-0.1, -0.05) is 65.8 Å². The summed E-state index contributed by atoms with van der Waals surface area (Å²) in [6, 6.07) is 21.4. The molecule has 0 aliphatic heterocycles. The van der Waals surface area contributed by atoms with E-state index in [1.807, 2.05) is 71.3 Å². The second-order valence-corrected chi connectivity index (χ2v) is 8.25. The van der Waals surface area contributed by atoms with Crippen molar-refractivity contribution < 1.29 is 9.21 Å². The lowest BCUT2D eigenvalue weighted by atomic mass is 10.1. The van der Waals surface area contributed by atoms with Crippen molar-refractivity contribution in [2.45, 2.75) is 18.1 Å². The molecule has 0 radical (unpaired) electrons. The van der Waals surface area contributed by atoms with Crippen LogP contribution < -0.4 is 5.32 Å². The highest BCUT2D eigenvalue weighted by atomic mass is 35.5. The SMILES string of the molecule is O=C(CSc1nnc(-c2ccco2)n1Cc1ccccc1)NCCc1ccc(Cl)cc1. The van der Waals surface area contributed by atoms with Crippen molar-refractivity contribution in [1.29, 1.82) is 0 Å². The molecule has 8 heteroatoms. The van der Waals surface area contributed by atoms with E-state index in [-0.39, 0.29) is 11.7 Å². The van der Waals surface area contributed by atoms with Crippen LogP contribution in [0.5, 0.6) is 0 Å². The van der Waals surface area contributed by atoms with Crippen molar-refractivity contribution in [2.75, 3.05) is 12.3 Å². The molecule has 0 saturated carbocycles. The number of furan rings is 1. The van der Waals surface area contributed by atoms with Gasteiger partial charge in [0.1, 0.15) is 0 Å². The van der Waals surface area contributed by atoms with E-state index in [4.69, 9.17) is 16.0 Å². The monoisotopic (exact) mass is 452 g/mol. The Morgan fingerprint density at radius 2 is 1.81 bits per heavy atom. The molecule has 2 heterocycles. The number of nitrogens with one attached hydrogen (secondary N) is 1. The third-order valence-electron chi connectivity index (χ3n) is 4.62. The molecule has 0 aliphatic carbocycles. The minimum atomic E-state index is -0.0484. The van der Waals surface area contributed by atoms with Gasteiger partial charge in [0.15, 0.2) is 10.9 Å². The molecule has 2 aromatic carbocycles. The summed E-state index contributed by atoms with van der Waals surface area (Å²) in [6.45, 7) is 1.15. The molecule has 1 amide bonds. The van der Waals surface area contributed by atoms with Gasteiger partial charge >= 0.3 is 0 Å². The minimum absolute atomic E-state index is 0.0484. The van der Waals surface area contributed by atoms with Crippen LogP contribution in [0.25, 0.3) is 11.6 Å². The Bertz CT molecular complexity index is 1110. The van der Waals surface area contributed by atoms with Gasteiger partial charge in [0.2, 0.25) is 11.7 Å². The first kappa shape index (κ1) is 21.2. The number of hydrogen-bond donors (Lipinski definition) is 1. The molecule has 0 saturated heterocycles. The average molecular weight is 453 g/mol. The average Bonchev–Trinajstić information content (AvgIpc) is 3.44. The van der Waals surface area contributed by atoms with Crippen LogP contribution in [0.2, 0.25) is 5.02 Å². The van der Waals surface area contributed by atoms with E-state index in [9.17, 15) is 4.79 Å². The van der Waals surface area contributed by atoms with Gasteiger partial charge in [0.25, 0.3) is 0 Å². The Morgan fingerprint density at radius 3 is 2.55 bits per heavy atom. The first-order valence-electron chi connectivity index (χ1n) is 9.84. The summed E-state index contributed by atoms with van der Waals surface area (Å²) in [7, 11) is 0. The molecule has 1 N–H and O–H groups in total. The first-order valence-corrected chi connectivity index (χ1v) is 11.2. The highest BCUT2D eigenvalue weighted by Crippen LogP contribution is 2.25. The predicted octanol–water partition coefficient (Wildman–Crippen LogP) is 4.69. The highest BCUT2D eigenvalue weighted by Gasteiger charge is 2.17. The molecule has 4 aromatic rings. The summed E-state index contributed by atoms with van der Waals surface area (Å²) >= 11 is 7.26. The molecule has 0 unspecified atom stereocenters. The maximum atomic E-state index is 12.3. The number of carbonyl (C=O) groups excluding carboxylic acids is 1. The molecule has 0 spiro atoms. The maximum Gasteiger partial charge on any atom is 0.230 e. The van der Waals surface area contributed by atoms with Gasteiger partial charge in [0.05, 0.1) is 18.6 Å². The number of rotatable bonds is 9. The van der Waals surface area contributed by atoms with Gasteiger partial charge < -0.3 is 9.73 Å². The molecular weight excluding hydrogens is 432 g/mol. The zero-order valence-electron chi connectivity index (χ0n) is 16.7. The van der Waals surface area contributed by atoms with Crippen LogP contribution in [0.4, 0.5) is 0 Å². The van der Waals surface area contributed by atoms with Crippen molar-refractivity contribution in [3.63, 3.8) is 0 Å². The van der Waals surface area contributed by atoms with E-state index in [0.717, 1.165) is 17.5 Å². The quantitative estimate of drug-likeness (QED) is 0.373. The van der Waals surface area contributed by atoms with E-state index >= 15 is 0 Å². The van der Waals surface area contributed by atoms with Crippen molar-refractivity contribution in [3.8, 4) is 11.6 Å². The molecule has 2 aromatic heterocycles. The topological polar surface area (TPSA) is 73.0 Å². The number of nitrogens with zero attached hydrogens (tertiary/aromatic N) is 3. The van der Waals surface area contributed by atoms with Gasteiger partial charge in [-0.25, -0.2) is 0 Å². The molecule has 0 bridgehead atoms. The van der Waals surface area contributed by atoms with Gasteiger partial charge in [-0.2, -0.15) is 0 Å². The van der Waals surface area contributed by atoms with Crippen molar-refractivity contribution in [1.82, 2.24) is 20.1 Å². The van der Waals surface area contributed by atoms with E-state index in [1.54, 1.807) is 6.26 Å². The van der Waals surface area contributed by atoms with E-state index in [2.05, 4.69) is 15.5 Å². The second kappa shape index (κ2) is 10.3. The predicted molar refractivity (Wildman–Crippen MR) is 122 cm³/mol. The van der Waals surface area contributed by atoms with Crippen LogP contribution in [0, 0.1) is 0 Å². The van der Waals surface area contributed by atoms with Crippen LogP contribution in [0.1, 0.15) is 11.1 Å². The minimum Gasteiger partial charge on any atom is -0.461 e. The molecule has 0 fully saturated rings. The van der Waals surface area contributed by atoms with Gasteiger partial charge in [-0.3, -0.25) is 9.36 Å². The Kier molecular flexibility index (Phi) is 7.07. The summed E-state index contributed by atoms with van der Waals surface area (Å²) in [5, 5.41) is 12.9. The zero-order chi connectivity index (χ0) is 21.5. The number of amides is 1. The molecule has 31 heavy (non-hydrogen) atoms. The normalized spacial score (nSPS) is 10.9. The van der Waals surface area contributed by atoms with Crippen LogP contribution in [-0.4, -0.2) is 33.0 Å². The van der Waals surface area contributed by atoms with E-state index in [0.29, 0.717) is 34.9 Å². The molecular formula is C23H21ClN4O2S. The smallest absolute Gasteiger partial charge is 0.230 e. The molecule has 6 nitrogen and oxygen atoms in total. The largest absolute Gasteiger partial charge is 0.461 e. The molecule has 0 atom stereocenters. The molecule has 4 rings (SSSR count). The number of thioether (sulfide) groups is 1. The fraction of sp³-hybridized carbons (Fsp3) is 0.174. The van der Waals surface area contributed by atoms with Gasteiger partial charge in [-0.05, 0) is 41.8 Å². The third-order valence-corrected chi connectivity index (χ3v) is 5.84. The third kappa shape index (κ3) is 5.77. The van der Waals surface area contributed by atoms with Crippen LogP contribution >= 0.6 is 23.4 Å². The maximum absolute atomic E-state index is 12.3. The van der Waals surface area contributed by atoms with Crippen molar-refractivity contribution in [2.24, 2.45) is 0 Å². The lowest BCUT2D eigenvalue weighted by Gasteiger charge is -2.09. The summed E-state index contributed by atoms with van der Waals surface area (Å²) in [5.41, 5.74) is 2.24. The van der Waals surface area contributed by atoms with Crippen molar-refractivity contribution in [3.05, 3.63) is 89.1 Å². The molecule has 0 aliphatic rings. The van der Waals surface area contributed by atoms with Crippen molar-refractivity contribution >= 4 is 29.3 Å². The standard InChI is InChI=1S/C23H21ClN4O2S/c24-19-10-8-17(9-11-19)12-13-25-21(29)16-31-23-27-26-22(20-7-4-14-30-20)28(23)15-18-5-2-1-3-6-18/h1-11,14H,12-13,15-16H2,(H,25,29). The van der Waals surface area contributed by atoms with Crippen LogP contribution in [0.15, 0.2) is 82.6 Å². The highest BCUT2D eigenvalue weighted by molar-refractivity contribution is 7.99. The number of carbonyl (C=O) groups is 1. The number of aromatic nitrogens is 3. The van der Waals surface area contributed by atoms with E-state index < -0.39 is 0 Å². The summed E-state index contributed by atoms with van der Waals surface area (Å²) in [6.07, 6.45) is 2.36. The Morgan fingerprint density at radius 1 is 1.00 bits per heavy atom. The number of halogens is 1. The van der Waals surface area contributed by atoms with Gasteiger partial charge in [-0.15, -0.1) is 10.2 Å². The summed E-state index contributed by atoms with van der Waals surface area (Å²) in [5.74, 6) is 1.49. The van der Waals surface area contributed by atoms with Crippen LogP contribution in [-0.2, 0) is 17.8 Å². The zero-order valence-corrected chi connectivity index (χ0v) is 18.3. The molecule has 158 valence electrons. The lowest BCUT2D eigenvalue weighted by molar-refractivity contribution is -0.118. The first-order chi connectivity index (χ1) is 15.2.